The average Bonchev–Trinajstić information content (AvgIpc) is 2.59. The van der Waals surface area contributed by atoms with Crippen molar-refractivity contribution in [2.75, 3.05) is 7.11 Å². The van der Waals surface area contributed by atoms with Gasteiger partial charge in [-0.15, -0.1) is 0 Å². The number of hydrogen-bond acceptors (Lipinski definition) is 3. The fourth-order valence-electron chi connectivity index (χ4n) is 4.13. The minimum atomic E-state index is -0.191. The second-order valence-corrected chi connectivity index (χ2v) is 8.44. The summed E-state index contributed by atoms with van der Waals surface area (Å²) in [6.45, 7) is 10.4. The zero-order chi connectivity index (χ0) is 19.5. The van der Waals surface area contributed by atoms with Crippen molar-refractivity contribution in [1.29, 1.82) is 0 Å². The first kappa shape index (κ1) is 20.4. The molecule has 26 heavy (non-hydrogen) atoms. The Morgan fingerprint density at radius 1 is 1.19 bits per heavy atom. The lowest BCUT2D eigenvalue weighted by Gasteiger charge is -2.38. The van der Waals surface area contributed by atoms with Crippen molar-refractivity contribution in [3.63, 3.8) is 0 Å². The van der Waals surface area contributed by atoms with Gasteiger partial charge in [-0.25, -0.2) is 0 Å². The molecule has 0 radical (unpaired) electrons. The van der Waals surface area contributed by atoms with Crippen LogP contribution in [0.4, 0.5) is 0 Å². The van der Waals surface area contributed by atoms with Crippen LogP contribution in [-0.4, -0.2) is 18.7 Å². The number of carbonyl (C=O) groups is 2. The Hall–Kier alpha value is -1.90. The van der Waals surface area contributed by atoms with Crippen molar-refractivity contribution in [3.8, 4) is 5.75 Å². The van der Waals surface area contributed by atoms with Crippen molar-refractivity contribution in [2.45, 2.75) is 53.9 Å². The molecule has 0 heterocycles. The number of hydrogen-bond donors (Lipinski definition) is 0. The molecule has 142 valence electrons. The zero-order valence-corrected chi connectivity index (χ0v) is 17.0. The fourth-order valence-corrected chi connectivity index (χ4v) is 4.13. The third-order valence-corrected chi connectivity index (χ3v) is 5.98. The lowest BCUT2D eigenvalue weighted by Crippen LogP contribution is -2.36. The summed E-state index contributed by atoms with van der Waals surface area (Å²) in [4.78, 5) is 25.8. The Kier molecular flexibility index (Phi) is 6.44. The predicted octanol–water partition coefficient (Wildman–Crippen LogP) is 5.49. The highest BCUT2D eigenvalue weighted by Crippen LogP contribution is 2.42. The largest absolute Gasteiger partial charge is 0.497 e. The molecule has 0 bridgehead atoms. The maximum absolute atomic E-state index is 13.0. The summed E-state index contributed by atoms with van der Waals surface area (Å²) in [6.07, 6.45) is 4.73. The molecule has 1 aliphatic carbocycles. The number of Topliss-reactive ketones (excluding diaryl/α,β-unsaturated/α-hetero) is 2. The van der Waals surface area contributed by atoms with Gasteiger partial charge in [-0.05, 0) is 55.4 Å². The lowest BCUT2D eigenvalue weighted by molar-refractivity contribution is -0.126. The van der Waals surface area contributed by atoms with E-state index in [4.69, 9.17) is 4.74 Å². The molecule has 0 fully saturated rings. The molecule has 3 nitrogen and oxygen atoms in total. The summed E-state index contributed by atoms with van der Waals surface area (Å²) in [7, 11) is 1.61. The Morgan fingerprint density at radius 2 is 1.81 bits per heavy atom. The van der Waals surface area contributed by atoms with Gasteiger partial charge in [0.15, 0.2) is 5.78 Å². The standard InChI is InChI=1S/C23H32O3/c1-15-8-7-13-23(4,5)21(15)20(24)14-16(2)17(3)22(25)18-9-11-19(26-6)12-10-18/h8-12,16-17,21H,7,13-14H2,1-6H3. The Bertz CT molecular complexity index is 682. The number of rotatable bonds is 7. The molecule has 3 unspecified atom stereocenters. The van der Waals surface area contributed by atoms with Crippen molar-refractivity contribution in [1.82, 2.24) is 0 Å². The van der Waals surface area contributed by atoms with E-state index in [9.17, 15) is 9.59 Å². The first-order valence-electron chi connectivity index (χ1n) is 9.55. The van der Waals surface area contributed by atoms with Crippen molar-refractivity contribution >= 4 is 11.6 Å². The van der Waals surface area contributed by atoms with E-state index in [2.05, 4.69) is 26.8 Å². The van der Waals surface area contributed by atoms with Crippen LogP contribution in [0.5, 0.6) is 5.75 Å². The summed E-state index contributed by atoms with van der Waals surface area (Å²) >= 11 is 0. The minimum Gasteiger partial charge on any atom is -0.497 e. The van der Waals surface area contributed by atoms with Gasteiger partial charge in [0.25, 0.3) is 0 Å². The van der Waals surface area contributed by atoms with Crippen molar-refractivity contribution in [2.24, 2.45) is 23.2 Å². The number of carbonyl (C=O) groups excluding carboxylic acids is 2. The van der Waals surface area contributed by atoms with Gasteiger partial charge in [-0.1, -0.05) is 39.3 Å². The molecule has 0 saturated heterocycles. The van der Waals surface area contributed by atoms with E-state index < -0.39 is 0 Å². The summed E-state index contributed by atoms with van der Waals surface area (Å²) in [5, 5.41) is 0. The number of ether oxygens (including phenoxy) is 1. The van der Waals surface area contributed by atoms with Gasteiger partial charge in [-0.2, -0.15) is 0 Å². The molecule has 2 rings (SSSR count). The molecule has 1 aliphatic rings. The van der Waals surface area contributed by atoms with Crippen molar-refractivity contribution in [3.05, 3.63) is 41.5 Å². The van der Waals surface area contributed by atoms with Crippen LogP contribution < -0.4 is 4.74 Å². The third-order valence-electron chi connectivity index (χ3n) is 5.98. The molecule has 0 saturated carbocycles. The highest BCUT2D eigenvalue weighted by atomic mass is 16.5. The van der Waals surface area contributed by atoms with Crippen LogP contribution in [0.3, 0.4) is 0 Å². The minimum absolute atomic E-state index is 0.00112. The van der Waals surface area contributed by atoms with Gasteiger partial charge in [0.1, 0.15) is 11.5 Å². The van der Waals surface area contributed by atoms with Gasteiger partial charge in [0.2, 0.25) is 0 Å². The molecule has 1 aromatic carbocycles. The molecular weight excluding hydrogens is 324 g/mol. The monoisotopic (exact) mass is 356 g/mol. The Labute approximate surface area is 157 Å². The van der Waals surface area contributed by atoms with E-state index in [0.717, 1.165) is 18.6 Å². The number of allylic oxidation sites excluding steroid dienone is 2. The van der Waals surface area contributed by atoms with Crippen molar-refractivity contribution < 1.29 is 14.3 Å². The Balaban J connectivity index is 2.06. The van der Waals surface area contributed by atoms with E-state index in [1.54, 1.807) is 31.4 Å². The molecule has 0 spiro atoms. The number of benzene rings is 1. The topological polar surface area (TPSA) is 43.4 Å². The zero-order valence-electron chi connectivity index (χ0n) is 17.0. The van der Waals surface area contributed by atoms with Gasteiger partial charge >= 0.3 is 0 Å². The van der Waals surface area contributed by atoms with Crippen LogP contribution in [-0.2, 0) is 4.79 Å². The van der Waals surface area contributed by atoms with Gasteiger partial charge in [0.05, 0.1) is 7.11 Å². The maximum atomic E-state index is 13.0. The van der Waals surface area contributed by atoms with Crippen LogP contribution in [0.15, 0.2) is 35.9 Å². The van der Waals surface area contributed by atoms with Gasteiger partial charge < -0.3 is 4.74 Å². The molecular formula is C23H32O3. The van der Waals surface area contributed by atoms with E-state index in [1.165, 1.54) is 5.57 Å². The van der Waals surface area contributed by atoms with Crippen LogP contribution in [0.2, 0.25) is 0 Å². The first-order valence-corrected chi connectivity index (χ1v) is 9.55. The number of methoxy groups -OCH3 is 1. The molecule has 0 amide bonds. The molecule has 0 aliphatic heterocycles. The molecule has 1 aromatic rings. The van der Waals surface area contributed by atoms with E-state index in [-0.39, 0.29) is 34.7 Å². The SMILES string of the molecule is COc1ccc(C(=O)C(C)C(C)CC(=O)C2C(C)=CCCC2(C)C)cc1. The normalized spacial score (nSPS) is 21.5. The predicted molar refractivity (Wildman–Crippen MR) is 106 cm³/mol. The summed E-state index contributed by atoms with van der Waals surface area (Å²) in [5.41, 5.74) is 1.86. The second-order valence-electron chi connectivity index (χ2n) is 8.44. The van der Waals surface area contributed by atoms with Gasteiger partial charge in [-0.3, -0.25) is 9.59 Å². The Morgan fingerprint density at radius 3 is 2.35 bits per heavy atom. The van der Waals surface area contributed by atoms with Crippen LogP contribution in [0, 0.1) is 23.2 Å². The summed E-state index contributed by atoms with van der Waals surface area (Å²) < 4.78 is 5.14. The molecule has 0 N–H and O–H groups in total. The van der Waals surface area contributed by atoms with Gasteiger partial charge in [0, 0.05) is 23.8 Å². The fraction of sp³-hybridized carbons (Fsp3) is 0.565. The maximum Gasteiger partial charge on any atom is 0.165 e. The lowest BCUT2D eigenvalue weighted by atomic mass is 9.65. The first-order chi connectivity index (χ1) is 12.2. The highest BCUT2D eigenvalue weighted by molar-refractivity contribution is 5.98. The van der Waals surface area contributed by atoms with Crippen LogP contribution >= 0.6 is 0 Å². The smallest absolute Gasteiger partial charge is 0.165 e. The highest BCUT2D eigenvalue weighted by Gasteiger charge is 2.38. The van der Waals surface area contributed by atoms with E-state index in [1.807, 2.05) is 13.8 Å². The van der Waals surface area contributed by atoms with Crippen LogP contribution in [0.1, 0.15) is 64.2 Å². The second kappa shape index (κ2) is 8.20. The summed E-state index contributed by atoms with van der Waals surface area (Å²) in [5.74, 6) is 0.889. The molecule has 0 aromatic heterocycles. The van der Waals surface area contributed by atoms with Crippen LogP contribution in [0.25, 0.3) is 0 Å². The molecule has 3 heteroatoms. The third kappa shape index (κ3) is 4.44. The summed E-state index contributed by atoms with van der Waals surface area (Å²) in [6, 6.07) is 7.19. The molecule has 3 atom stereocenters. The quantitative estimate of drug-likeness (QED) is 0.479. The number of ketones is 2. The van der Waals surface area contributed by atoms with E-state index >= 15 is 0 Å². The van der Waals surface area contributed by atoms with E-state index in [0.29, 0.717) is 12.0 Å². The average molecular weight is 357 g/mol.